The van der Waals surface area contributed by atoms with Gasteiger partial charge in [0, 0.05) is 11.8 Å². The molecule has 5 rings (SSSR count). The summed E-state index contributed by atoms with van der Waals surface area (Å²) in [5, 5.41) is 0. The number of fused-ring (bicyclic) bond motifs is 7. The molecule has 136 valence electrons. The van der Waals surface area contributed by atoms with Gasteiger partial charge in [-0.1, -0.05) is 19.4 Å². The molecule has 0 unspecified atom stereocenters. The lowest BCUT2D eigenvalue weighted by molar-refractivity contribution is -0.137. The van der Waals surface area contributed by atoms with Crippen molar-refractivity contribution in [3.05, 3.63) is 11.6 Å². The fourth-order valence-corrected chi connectivity index (χ4v) is 8.18. The molecule has 4 fully saturated rings. The van der Waals surface area contributed by atoms with Gasteiger partial charge in [-0.2, -0.15) is 0 Å². The van der Waals surface area contributed by atoms with Crippen LogP contribution < -0.4 is 0 Å². The first-order valence-electron chi connectivity index (χ1n) is 10.1. The van der Waals surface area contributed by atoms with E-state index in [9.17, 15) is 9.59 Å². The number of carbonyl (C=O) groups is 2. The minimum atomic E-state index is -0.519. The Labute approximate surface area is 150 Å². The van der Waals surface area contributed by atoms with Crippen molar-refractivity contribution in [2.45, 2.75) is 83.8 Å². The summed E-state index contributed by atoms with van der Waals surface area (Å²) in [4.78, 5) is 24.5. The molecule has 3 nitrogen and oxygen atoms in total. The van der Waals surface area contributed by atoms with E-state index in [1.807, 2.05) is 6.08 Å². The molecule has 3 heteroatoms. The SMILES string of the molecule is CC(=O)[C@]12O[C@@]1(C)C[C@H]1[C@@H]3CCC4=CC(=O)CC[C@]4(C)[C@H]3CC[C@@]12C. The molecule has 7 atom stereocenters. The molecule has 0 radical (unpaired) electrons. The zero-order valence-electron chi connectivity index (χ0n) is 16.0. The quantitative estimate of drug-likeness (QED) is 0.670. The van der Waals surface area contributed by atoms with Gasteiger partial charge < -0.3 is 4.74 Å². The molecule has 0 spiro atoms. The maximum absolute atomic E-state index is 12.6. The lowest BCUT2D eigenvalue weighted by Crippen LogP contribution is -2.54. The lowest BCUT2D eigenvalue weighted by Gasteiger charge is -2.58. The number of ether oxygens (including phenoxy) is 1. The predicted molar refractivity (Wildman–Crippen MR) is 95.0 cm³/mol. The average Bonchev–Trinajstić information content (AvgIpc) is 3.13. The molecular weight excluding hydrogens is 312 g/mol. The summed E-state index contributed by atoms with van der Waals surface area (Å²) in [6.07, 6.45) is 9.26. The van der Waals surface area contributed by atoms with E-state index >= 15 is 0 Å². The van der Waals surface area contributed by atoms with Gasteiger partial charge in [-0.25, -0.2) is 0 Å². The predicted octanol–water partition coefficient (Wildman–Crippen LogP) is 4.24. The van der Waals surface area contributed by atoms with Gasteiger partial charge in [0.15, 0.2) is 17.2 Å². The van der Waals surface area contributed by atoms with Crippen LogP contribution in [0.15, 0.2) is 11.6 Å². The van der Waals surface area contributed by atoms with Crippen molar-refractivity contribution >= 4 is 11.6 Å². The van der Waals surface area contributed by atoms with E-state index in [0.717, 1.165) is 25.7 Å². The number of ketones is 2. The first-order chi connectivity index (χ1) is 11.7. The van der Waals surface area contributed by atoms with Crippen LogP contribution in [0.1, 0.15) is 72.6 Å². The fraction of sp³-hybridized carbons (Fsp3) is 0.818. The Kier molecular flexibility index (Phi) is 2.90. The monoisotopic (exact) mass is 342 g/mol. The third-order valence-corrected chi connectivity index (χ3v) is 9.34. The van der Waals surface area contributed by atoms with Crippen molar-refractivity contribution in [2.75, 3.05) is 0 Å². The topological polar surface area (TPSA) is 46.7 Å². The average molecular weight is 342 g/mol. The van der Waals surface area contributed by atoms with Gasteiger partial charge >= 0.3 is 0 Å². The summed E-state index contributed by atoms with van der Waals surface area (Å²) in [6.45, 7) is 8.66. The summed E-state index contributed by atoms with van der Waals surface area (Å²) in [6, 6.07) is 0. The molecule has 1 heterocycles. The van der Waals surface area contributed by atoms with Crippen LogP contribution in [-0.2, 0) is 14.3 Å². The van der Waals surface area contributed by atoms with Crippen molar-refractivity contribution in [1.82, 2.24) is 0 Å². The van der Waals surface area contributed by atoms with Crippen LogP contribution in [0.5, 0.6) is 0 Å². The minimum Gasteiger partial charge on any atom is -0.354 e. The third kappa shape index (κ3) is 1.63. The summed E-state index contributed by atoms with van der Waals surface area (Å²) in [5.41, 5.74) is 0.870. The molecule has 5 aliphatic rings. The molecule has 0 amide bonds. The number of allylic oxidation sites excluding steroid dienone is 1. The van der Waals surface area contributed by atoms with Crippen molar-refractivity contribution in [2.24, 2.45) is 28.6 Å². The highest BCUT2D eigenvalue weighted by molar-refractivity contribution is 5.92. The Balaban J connectivity index is 1.54. The Morgan fingerprint density at radius 3 is 2.60 bits per heavy atom. The lowest BCUT2D eigenvalue weighted by atomic mass is 9.46. The molecule has 1 aliphatic heterocycles. The van der Waals surface area contributed by atoms with Gasteiger partial charge in [-0.3, -0.25) is 9.59 Å². The summed E-state index contributed by atoms with van der Waals surface area (Å²) >= 11 is 0. The van der Waals surface area contributed by atoms with E-state index in [0.29, 0.717) is 30.0 Å². The Bertz CT molecular complexity index is 723. The largest absolute Gasteiger partial charge is 0.354 e. The first kappa shape index (κ1) is 16.2. The van der Waals surface area contributed by atoms with Crippen LogP contribution in [0, 0.1) is 28.6 Å². The maximum atomic E-state index is 12.6. The molecule has 0 aromatic heterocycles. The summed E-state index contributed by atoms with van der Waals surface area (Å²) < 4.78 is 6.18. The van der Waals surface area contributed by atoms with Crippen molar-refractivity contribution < 1.29 is 14.3 Å². The van der Waals surface area contributed by atoms with Crippen LogP contribution in [-0.4, -0.2) is 22.8 Å². The standard InChI is InChI=1S/C22H30O3/c1-13(23)22-20(3)10-8-17-16(18(20)12-21(22,4)25-22)6-5-14-11-15(24)7-9-19(14,17)2/h11,16-18H,5-10,12H2,1-4H3/t16-,17+,18+,19+,20+,21+,22-/m1/s1. The number of hydrogen-bond acceptors (Lipinski definition) is 3. The Hall–Kier alpha value is -0.960. The second-order valence-corrected chi connectivity index (χ2v) is 10.2. The number of hydrogen-bond donors (Lipinski definition) is 0. The van der Waals surface area contributed by atoms with Crippen molar-refractivity contribution in [1.29, 1.82) is 0 Å². The van der Waals surface area contributed by atoms with Crippen LogP contribution in [0.4, 0.5) is 0 Å². The number of epoxide rings is 1. The molecule has 0 aromatic rings. The van der Waals surface area contributed by atoms with Crippen molar-refractivity contribution in [3.8, 4) is 0 Å². The molecule has 25 heavy (non-hydrogen) atoms. The van der Waals surface area contributed by atoms with E-state index in [1.54, 1.807) is 6.92 Å². The third-order valence-electron chi connectivity index (χ3n) is 9.34. The van der Waals surface area contributed by atoms with E-state index in [2.05, 4.69) is 20.8 Å². The normalized spacial score (nSPS) is 56.2. The smallest absolute Gasteiger partial charge is 0.165 e. The molecule has 3 saturated carbocycles. The summed E-state index contributed by atoms with van der Waals surface area (Å²) in [5.74, 6) is 2.50. The highest BCUT2D eigenvalue weighted by Gasteiger charge is 2.85. The highest BCUT2D eigenvalue weighted by Crippen LogP contribution is 2.77. The van der Waals surface area contributed by atoms with E-state index < -0.39 is 5.60 Å². The zero-order valence-corrected chi connectivity index (χ0v) is 16.0. The summed E-state index contributed by atoms with van der Waals surface area (Å²) in [7, 11) is 0. The fourth-order valence-electron chi connectivity index (χ4n) is 8.18. The highest BCUT2D eigenvalue weighted by atomic mass is 16.6. The molecule has 4 aliphatic carbocycles. The number of Topliss-reactive ketones (excluding diaryl/α,β-unsaturated/α-hetero) is 1. The maximum Gasteiger partial charge on any atom is 0.165 e. The van der Waals surface area contributed by atoms with E-state index in [4.69, 9.17) is 4.74 Å². The number of carbonyl (C=O) groups excluding carboxylic acids is 2. The molecule has 0 bridgehead atoms. The van der Waals surface area contributed by atoms with Gasteiger partial charge in [-0.05, 0) is 81.6 Å². The second kappa shape index (κ2) is 4.47. The van der Waals surface area contributed by atoms with E-state index in [-0.39, 0.29) is 22.2 Å². The van der Waals surface area contributed by atoms with Gasteiger partial charge in [-0.15, -0.1) is 0 Å². The van der Waals surface area contributed by atoms with Crippen LogP contribution in [0.3, 0.4) is 0 Å². The van der Waals surface area contributed by atoms with Gasteiger partial charge in [0.2, 0.25) is 0 Å². The van der Waals surface area contributed by atoms with Crippen LogP contribution in [0.25, 0.3) is 0 Å². The minimum absolute atomic E-state index is 0.00316. The van der Waals surface area contributed by atoms with Gasteiger partial charge in [0.25, 0.3) is 0 Å². The first-order valence-corrected chi connectivity index (χ1v) is 10.1. The molecule has 0 N–H and O–H groups in total. The van der Waals surface area contributed by atoms with Gasteiger partial charge in [0.1, 0.15) is 5.60 Å². The second-order valence-electron chi connectivity index (χ2n) is 10.2. The zero-order chi connectivity index (χ0) is 17.8. The van der Waals surface area contributed by atoms with Crippen molar-refractivity contribution in [3.63, 3.8) is 0 Å². The van der Waals surface area contributed by atoms with Gasteiger partial charge in [0.05, 0.1) is 0 Å². The van der Waals surface area contributed by atoms with Crippen LogP contribution in [0.2, 0.25) is 0 Å². The molecule has 0 aromatic carbocycles. The van der Waals surface area contributed by atoms with Crippen LogP contribution >= 0.6 is 0 Å². The Morgan fingerprint density at radius 2 is 1.88 bits per heavy atom. The molecular formula is C22H30O3. The number of rotatable bonds is 1. The Morgan fingerprint density at radius 1 is 1.12 bits per heavy atom. The molecule has 1 saturated heterocycles. The van der Waals surface area contributed by atoms with E-state index in [1.165, 1.54) is 18.4 Å².